The standard InChI is InChI=1S/C20H28/c1-5-15-14-20(16-12-10-9-11-13-16)19(8-4)18(7-3)17(15)6-2/h9-14,18-19H,5-8H2,1-4H3/t18-,19-/m0/s1. The van der Waals surface area contributed by atoms with Crippen molar-refractivity contribution in [3.63, 3.8) is 0 Å². The van der Waals surface area contributed by atoms with Crippen LogP contribution in [0.25, 0.3) is 5.57 Å². The summed E-state index contributed by atoms with van der Waals surface area (Å²) in [6, 6.07) is 11.0. The molecular weight excluding hydrogens is 240 g/mol. The molecule has 1 aromatic rings. The van der Waals surface area contributed by atoms with Crippen LogP contribution in [-0.2, 0) is 0 Å². The van der Waals surface area contributed by atoms with Gasteiger partial charge in [-0.05, 0) is 54.2 Å². The van der Waals surface area contributed by atoms with Crippen LogP contribution in [0.3, 0.4) is 0 Å². The van der Waals surface area contributed by atoms with Crippen molar-refractivity contribution in [1.82, 2.24) is 0 Å². The van der Waals surface area contributed by atoms with E-state index in [0.717, 1.165) is 12.3 Å². The number of benzene rings is 1. The SMILES string of the molecule is CCC1=C(CC)[C@H](CC)[C@H](CC)C(c2ccccc2)=C1. The lowest BCUT2D eigenvalue weighted by molar-refractivity contribution is 0.422. The molecule has 2 rings (SSSR count). The Morgan fingerprint density at radius 2 is 1.45 bits per heavy atom. The molecule has 0 aromatic heterocycles. The maximum Gasteiger partial charge on any atom is -0.00928 e. The second kappa shape index (κ2) is 6.92. The van der Waals surface area contributed by atoms with E-state index in [4.69, 9.17) is 0 Å². The van der Waals surface area contributed by atoms with Crippen LogP contribution < -0.4 is 0 Å². The van der Waals surface area contributed by atoms with Gasteiger partial charge in [0.1, 0.15) is 0 Å². The number of rotatable bonds is 5. The first-order chi connectivity index (χ1) is 9.76. The van der Waals surface area contributed by atoms with Gasteiger partial charge >= 0.3 is 0 Å². The van der Waals surface area contributed by atoms with Gasteiger partial charge in [-0.25, -0.2) is 0 Å². The summed E-state index contributed by atoms with van der Waals surface area (Å²) in [6.45, 7) is 9.31. The van der Waals surface area contributed by atoms with E-state index in [9.17, 15) is 0 Å². The van der Waals surface area contributed by atoms with Crippen LogP contribution in [0.1, 0.15) is 58.9 Å². The monoisotopic (exact) mass is 268 g/mol. The van der Waals surface area contributed by atoms with Crippen molar-refractivity contribution in [2.75, 3.05) is 0 Å². The Balaban J connectivity index is 2.53. The molecule has 2 atom stereocenters. The molecule has 1 aliphatic rings. The van der Waals surface area contributed by atoms with Crippen molar-refractivity contribution >= 4 is 5.57 Å². The van der Waals surface area contributed by atoms with Crippen molar-refractivity contribution in [3.05, 3.63) is 53.1 Å². The van der Waals surface area contributed by atoms with Crippen LogP contribution >= 0.6 is 0 Å². The van der Waals surface area contributed by atoms with Gasteiger partial charge in [0.2, 0.25) is 0 Å². The van der Waals surface area contributed by atoms with Gasteiger partial charge in [0, 0.05) is 0 Å². The summed E-state index contributed by atoms with van der Waals surface area (Å²) in [4.78, 5) is 0. The number of hydrogen-bond donors (Lipinski definition) is 0. The van der Waals surface area contributed by atoms with Gasteiger partial charge in [0.25, 0.3) is 0 Å². The Morgan fingerprint density at radius 1 is 0.800 bits per heavy atom. The van der Waals surface area contributed by atoms with Crippen molar-refractivity contribution in [2.24, 2.45) is 11.8 Å². The molecule has 0 N–H and O–H groups in total. The zero-order chi connectivity index (χ0) is 14.5. The third-order valence-corrected chi connectivity index (χ3v) is 4.82. The number of allylic oxidation sites excluding steroid dienone is 4. The molecule has 0 saturated carbocycles. The van der Waals surface area contributed by atoms with Crippen molar-refractivity contribution < 1.29 is 0 Å². The Kier molecular flexibility index (Phi) is 5.23. The summed E-state index contributed by atoms with van der Waals surface area (Å²) in [7, 11) is 0. The fourth-order valence-corrected chi connectivity index (χ4v) is 3.87. The van der Waals surface area contributed by atoms with Crippen LogP contribution in [0.4, 0.5) is 0 Å². The Hall–Kier alpha value is -1.30. The highest BCUT2D eigenvalue weighted by Gasteiger charge is 2.30. The molecule has 0 spiro atoms. The Morgan fingerprint density at radius 3 is 1.95 bits per heavy atom. The van der Waals surface area contributed by atoms with Gasteiger partial charge in [-0.1, -0.05) is 69.7 Å². The maximum atomic E-state index is 2.49. The van der Waals surface area contributed by atoms with Gasteiger partial charge in [-0.2, -0.15) is 0 Å². The lowest BCUT2D eigenvalue weighted by Gasteiger charge is -2.35. The quantitative estimate of drug-likeness (QED) is 0.592. The molecular formula is C20H28. The van der Waals surface area contributed by atoms with Gasteiger partial charge in [-0.3, -0.25) is 0 Å². The molecule has 0 saturated heterocycles. The minimum Gasteiger partial charge on any atom is -0.0648 e. The van der Waals surface area contributed by atoms with Crippen LogP contribution in [0.15, 0.2) is 47.6 Å². The summed E-state index contributed by atoms with van der Waals surface area (Å²) in [5.41, 5.74) is 6.28. The van der Waals surface area contributed by atoms with Crippen molar-refractivity contribution in [1.29, 1.82) is 0 Å². The maximum absolute atomic E-state index is 2.49. The van der Waals surface area contributed by atoms with E-state index in [1.165, 1.54) is 24.8 Å². The third-order valence-electron chi connectivity index (χ3n) is 4.82. The fraction of sp³-hybridized carbons (Fsp3) is 0.500. The molecule has 108 valence electrons. The van der Waals surface area contributed by atoms with Gasteiger partial charge in [0.15, 0.2) is 0 Å². The fourth-order valence-electron chi connectivity index (χ4n) is 3.87. The van der Waals surface area contributed by atoms with E-state index in [1.54, 1.807) is 16.7 Å². The number of hydrogen-bond acceptors (Lipinski definition) is 0. The van der Waals surface area contributed by atoms with E-state index in [1.807, 2.05) is 0 Å². The molecule has 0 aliphatic heterocycles. The molecule has 0 bridgehead atoms. The van der Waals surface area contributed by atoms with Crippen molar-refractivity contribution in [3.8, 4) is 0 Å². The summed E-state index contributed by atoms with van der Waals surface area (Å²) in [5.74, 6) is 1.42. The minimum absolute atomic E-state index is 0.688. The zero-order valence-corrected chi connectivity index (χ0v) is 13.4. The summed E-state index contributed by atoms with van der Waals surface area (Å²) < 4.78 is 0. The second-order valence-electron chi connectivity index (χ2n) is 5.75. The highest BCUT2D eigenvalue weighted by atomic mass is 14.3. The predicted octanol–water partition coefficient (Wildman–Crippen LogP) is 6.25. The lowest BCUT2D eigenvalue weighted by atomic mass is 9.69. The van der Waals surface area contributed by atoms with Crippen molar-refractivity contribution in [2.45, 2.75) is 53.4 Å². The van der Waals surface area contributed by atoms with Crippen LogP contribution in [0, 0.1) is 11.8 Å². The van der Waals surface area contributed by atoms with Gasteiger partial charge in [-0.15, -0.1) is 0 Å². The Labute approximate surface area is 124 Å². The topological polar surface area (TPSA) is 0 Å². The van der Waals surface area contributed by atoms with E-state index < -0.39 is 0 Å². The normalized spacial score (nSPS) is 22.9. The van der Waals surface area contributed by atoms with Crippen LogP contribution in [0.5, 0.6) is 0 Å². The molecule has 0 heterocycles. The third kappa shape index (κ3) is 2.75. The first kappa shape index (κ1) is 15.1. The van der Waals surface area contributed by atoms with Gasteiger partial charge < -0.3 is 0 Å². The average molecular weight is 268 g/mol. The molecule has 1 aliphatic carbocycles. The molecule has 0 nitrogen and oxygen atoms in total. The molecule has 0 amide bonds. The molecule has 1 aromatic carbocycles. The summed E-state index contributed by atoms with van der Waals surface area (Å²) in [5, 5.41) is 0. The minimum atomic E-state index is 0.688. The van der Waals surface area contributed by atoms with E-state index in [0.29, 0.717) is 5.92 Å². The molecule has 0 radical (unpaired) electrons. The van der Waals surface area contributed by atoms with E-state index >= 15 is 0 Å². The van der Waals surface area contributed by atoms with Gasteiger partial charge in [0.05, 0.1) is 0 Å². The molecule has 0 fully saturated rings. The Bertz CT molecular complexity index is 490. The largest absolute Gasteiger partial charge is 0.0648 e. The van der Waals surface area contributed by atoms with E-state index in [-0.39, 0.29) is 0 Å². The molecule has 20 heavy (non-hydrogen) atoms. The first-order valence-corrected chi connectivity index (χ1v) is 8.25. The smallest absolute Gasteiger partial charge is 0.00928 e. The zero-order valence-electron chi connectivity index (χ0n) is 13.4. The molecule has 0 heteroatoms. The van der Waals surface area contributed by atoms with Crippen LogP contribution in [-0.4, -0.2) is 0 Å². The highest BCUT2D eigenvalue weighted by Crippen LogP contribution is 2.44. The second-order valence-corrected chi connectivity index (χ2v) is 5.75. The van der Waals surface area contributed by atoms with Crippen LogP contribution in [0.2, 0.25) is 0 Å². The average Bonchev–Trinajstić information content (AvgIpc) is 2.53. The first-order valence-electron chi connectivity index (χ1n) is 8.25. The summed E-state index contributed by atoms with van der Waals surface area (Å²) in [6.07, 6.45) is 7.35. The predicted molar refractivity (Wildman–Crippen MR) is 89.6 cm³/mol. The summed E-state index contributed by atoms with van der Waals surface area (Å²) >= 11 is 0. The highest BCUT2D eigenvalue weighted by molar-refractivity contribution is 5.72. The lowest BCUT2D eigenvalue weighted by Crippen LogP contribution is -2.22. The van der Waals surface area contributed by atoms with E-state index in [2.05, 4.69) is 64.1 Å². The molecule has 0 unspecified atom stereocenters.